The fraction of sp³-hybridized carbons (Fsp3) is 0.133. The Morgan fingerprint density at radius 3 is 0.530 bits per heavy atom. The Labute approximate surface area is 389 Å². The smallest absolute Gasteiger partial charge is 0.0479 e. The second-order valence-electron chi connectivity index (χ2n) is 17.6. The normalized spacial score (nSPS) is 11.3. The van der Waals surface area contributed by atoms with Crippen molar-refractivity contribution in [3.63, 3.8) is 0 Å². The molecule has 4 heterocycles. The quantitative estimate of drug-likeness (QED) is 0.129. The Kier molecular flexibility index (Phi) is 11.0. The number of nitrogens with zero attached hydrogens (tertiary/aromatic N) is 6. The zero-order valence-corrected chi connectivity index (χ0v) is 39.2. The highest BCUT2D eigenvalue weighted by Gasteiger charge is 2.18. The van der Waals surface area contributed by atoms with Crippen LogP contribution in [-0.4, -0.2) is 18.3 Å². The van der Waals surface area contributed by atoms with E-state index in [0.29, 0.717) is 0 Å². The SMILES string of the molecule is Cc1ccc(-c2ccc(N(c3ccc(-c4ccc(N(c5ccc(-c6ccc(C)n6C)cc5)c5ccc(-c6ccc(C)n6C)cc5)cc4)cc3)c3ccc(-c4ccc(C)n4C)cc3)cc2)n1C. The molecule has 4 aromatic heterocycles. The van der Waals surface area contributed by atoms with Crippen molar-refractivity contribution in [2.75, 3.05) is 9.80 Å². The first-order valence-electron chi connectivity index (χ1n) is 22.7. The molecule has 0 aliphatic rings. The van der Waals surface area contributed by atoms with Crippen LogP contribution in [-0.2, 0) is 28.2 Å². The van der Waals surface area contributed by atoms with Crippen molar-refractivity contribution >= 4 is 34.1 Å². The van der Waals surface area contributed by atoms with Crippen molar-refractivity contribution in [2.45, 2.75) is 27.7 Å². The Balaban J connectivity index is 0.970. The lowest BCUT2D eigenvalue weighted by molar-refractivity contribution is 0.891. The average molecular weight is 861 g/mol. The first-order valence-corrected chi connectivity index (χ1v) is 22.7. The van der Waals surface area contributed by atoms with Crippen molar-refractivity contribution in [3.8, 4) is 56.2 Å². The highest BCUT2D eigenvalue weighted by Crippen LogP contribution is 2.40. The molecule has 10 aromatic rings. The monoisotopic (exact) mass is 860 g/mol. The minimum Gasteiger partial charge on any atom is -0.348 e. The predicted molar refractivity (Wildman–Crippen MR) is 278 cm³/mol. The molecule has 0 amide bonds. The third-order valence-electron chi connectivity index (χ3n) is 13.8. The Hall–Kier alpha value is -7.96. The number of rotatable bonds is 11. The van der Waals surface area contributed by atoms with E-state index in [1.165, 1.54) is 67.8 Å². The summed E-state index contributed by atoms with van der Waals surface area (Å²) in [5.74, 6) is 0. The van der Waals surface area contributed by atoms with Crippen LogP contribution in [0.5, 0.6) is 0 Å². The van der Waals surface area contributed by atoms with E-state index < -0.39 is 0 Å². The van der Waals surface area contributed by atoms with Crippen LogP contribution >= 0.6 is 0 Å². The van der Waals surface area contributed by atoms with Crippen molar-refractivity contribution in [1.29, 1.82) is 0 Å². The highest BCUT2D eigenvalue weighted by atomic mass is 15.1. The van der Waals surface area contributed by atoms with Gasteiger partial charge in [0.2, 0.25) is 0 Å². The molecular formula is C60H56N6. The molecule has 0 aliphatic carbocycles. The molecule has 0 saturated heterocycles. The molecule has 0 saturated carbocycles. The van der Waals surface area contributed by atoms with E-state index in [1.54, 1.807) is 0 Å². The predicted octanol–water partition coefficient (Wildman–Crippen LogP) is 15.5. The topological polar surface area (TPSA) is 26.2 Å². The van der Waals surface area contributed by atoms with Crippen LogP contribution in [0.25, 0.3) is 56.2 Å². The summed E-state index contributed by atoms with van der Waals surface area (Å²) in [7, 11) is 8.51. The van der Waals surface area contributed by atoms with Gasteiger partial charge in [-0.05, 0) is 182 Å². The minimum atomic E-state index is 1.09. The van der Waals surface area contributed by atoms with E-state index >= 15 is 0 Å². The molecule has 6 aromatic carbocycles. The van der Waals surface area contributed by atoms with E-state index in [-0.39, 0.29) is 0 Å². The molecule has 6 nitrogen and oxygen atoms in total. The van der Waals surface area contributed by atoms with Crippen molar-refractivity contribution in [3.05, 3.63) is 217 Å². The third kappa shape index (κ3) is 7.75. The van der Waals surface area contributed by atoms with E-state index in [2.05, 4.69) is 278 Å². The summed E-state index contributed by atoms with van der Waals surface area (Å²) >= 11 is 0. The van der Waals surface area contributed by atoms with Crippen molar-refractivity contribution in [2.24, 2.45) is 28.2 Å². The molecule has 0 aliphatic heterocycles. The van der Waals surface area contributed by atoms with Crippen LogP contribution in [0.4, 0.5) is 34.1 Å². The first kappa shape index (κ1) is 42.0. The van der Waals surface area contributed by atoms with Gasteiger partial charge < -0.3 is 28.1 Å². The number of anilines is 6. The zero-order valence-electron chi connectivity index (χ0n) is 39.2. The molecule has 0 radical (unpaired) electrons. The first-order chi connectivity index (χ1) is 32.0. The summed E-state index contributed by atoms with van der Waals surface area (Å²) in [6, 6.07) is 71.1. The third-order valence-corrected chi connectivity index (χ3v) is 13.8. The number of hydrogen-bond acceptors (Lipinski definition) is 2. The van der Waals surface area contributed by atoms with Crippen LogP contribution in [0.1, 0.15) is 22.8 Å². The molecule has 0 fully saturated rings. The number of hydrogen-bond donors (Lipinski definition) is 0. The number of benzene rings is 6. The summed E-state index contributed by atoms with van der Waals surface area (Å²) in [5.41, 5.74) is 23.5. The van der Waals surface area contributed by atoms with Crippen LogP contribution < -0.4 is 9.80 Å². The average Bonchev–Trinajstić information content (AvgIpc) is 4.09. The molecule has 6 heteroatoms. The van der Waals surface area contributed by atoms with Gasteiger partial charge in [0.15, 0.2) is 0 Å². The fourth-order valence-electron chi connectivity index (χ4n) is 9.24. The lowest BCUT2D eigenvalue weighted by Crippen LogP contribution is -2.10. The summed E-state index contributed by atoms with van der Waals surface area (Å²) in [5, 5.41) is 0. The van der Waals surface area contributed by atoms with Gasteiger partial charge in [0.1, 0.15) is 0 Å². The van der Waals surface area contributed by atoms with Gasteiger partial charge in [-0.1, -0.05) is 72.8 Å². The Morgan fingerprint density at radius 1 is 0.212 bits per heavy atom. The van der Waals surface area contributed by atoms with E-state index in [0.717, 1.165) is 45.3 Å². The van der Waals surface area contributed by atoms with E-state index in [9.17, 15) is 0 Å². The fourth-order valence-corrected chi connectivity index (χ4v) is 9.24. The standard InChI is InChI=1S/C60H56N6/c1-41-9-37-57(61(41)5)47-17-29-53(30-18-47)65(54-31-19-48(20-32-54)58-38-10-42(2)62(58)6)51-25-13-45(14-26-51)46-15-27-52(28-16-46)66(55-33-21-49(22-34-55)59-39-11-43(3)63(59)7)56-35-23-50(24-36-56)60-40-12-44(4)64(60)8/h9-40H,1-8H3. The molecule has 0 bridgehead atoms. The summed E-state index contributed by atoms with van der Waals surface area (Å²) in [6.45, 7) is 8.58. The van der Waals surface area contributed by atoms with Gasteiger partial charge in [0.25, 0.3) is 0 Å². The van der Waals surface area contributed by atoms with Crippen LogP contribution in [0.3, 0.4) is 0 Å². The van der Waals surface area contributed by atoms with Gasteiger partial charge in [0, 0.05) is 108 Å². The van der Waals surface area contributed by atoms with Gasteiger partial charge in [-0.2, -0.15) is 0 Å². The summed E-state index contributed by atoms with van der Waals surface area (Å²) in [4.78, 5) is 4.69. The molecule has 326 valence electrons. The highest BCUT2D eigenvalue weighted by molar-refractivity contribution is 5.83. The summed E-state index contributed by atoms with van der Waals surface area (Å²) < 4.78 is 8.97. The molecular weight excluding hydrogens is 805 g/mol. The van der Waals surface area contributed by atoms with Crippen LogP contribution in [0, 0.1) is 27.7 Å². The van der Waals surface area contributed by atoms with E-state index in [1.807, 2.05) is 0 Å². The molecule has 0 spiro atoms. The maximum Gasteiger partial charge on any atom is 0.0479 e. The molecule has 0 unspecified atom stereocenters. The lowest BCUT2D eigenvalue weighted by atomic mass is 10.0. The lowest BCUT2D eigenvalue weighted by Gasteiger charge is -2.27. The Morgan fingerprint density at radius 2 is 0.379 bits per heavy atom. The second kappa shape index (κ2) is 17.2. The molecule has 10 rings (SSSR count). The molecule has 0 atom stereocenters. The van der Waals surface area contributed by atoms with Gasteiger partial charge in [0.05, 0.1) is 0 Å². The molecule has 66 heavy (non-hydrogen) atoms. The van der Waals surface area contributed by atoms with Crippen LogP contribution in [0.15, 0.2) is 194 Å². The maximum atomic E-state index is 2.35. The second-order valence-corrected chi connectivity index (χ2v) is 17.6. The van der Waals surface area contributed by atoms with Gasteiger partial charge >= 0.3 is 0 Å². The van der Waals surface area contributed by atoms with Gasteiger partial charge in [-0.25, -0.2) is 0 Å². The summed E-state index contributed by atoms with van der Waals surface area (Å²) in [6.07, 6.45) is 0. The minimum absolute atomic E-state index is 1.09. The largest absolute Gasteiger partial charge is 0.348 e. The van der Waals surface area contributed by atoms with Crippen LogP contribution in [0.2, 0.25) is 0 Å². The van der Waals surface area contributed by atoms with Gasteiger partial charge in [-0.15, -0.1) is 0 Å². The molecule has 0 N–H and O–H groups in total. The maximum absolute atomic E-state index is 2.35. The Bertz CT molecular complexity index is 2880. The van der Waals surface area contributed by atoms with Crippen molar-refractivity contribution in [1.82, 2.24) is 18.3 Å². The van der Waals surface area contributed by atoms with Gasteiger partial charge in [-0.3, -0.25) is 0 Å². The van der Waals surface area contributed by atoms with E-state index in [4.69, 9.17) is 0 Å². The zero-order chi connectivity index (χ0) is 45.6. The number of aryl methyl sites for hydroxylation is 4. The van der Waals surface area contributed by atoms with Crippen molar-refractivity contribution < 1.29 is 0 Å². The number of aromatic nitrogens is 4.